The van der Waals surface area contributed by atoms with E-state index >= 15 is 0 Å². The summed E-state index contributed by atoms with van der Waals surface area (Å²) in [6.07, 6.45) is 0.903. The van der Waals surface area contributed by atoms with Gasteiger partial charge in [-0.2, -0.15) is 0 Å². The van der Waals surface area contributed by atoms with Crippen LogP contribution >= 0.6 is 0 Å². The van der Waals surface area contributed by atoms with Crippen molar-refractivity contribution in [2.75, 3.05) is 31.5 Å². The molecule has 1 aliphatic rings. The van der Waals surface area contributed by atoms with E-state index in [9.17, 15) is 9.59 Å². The number of aromatic nitrogens is 1. The maximum Gasteiger partial charge on any atom is 0.259 e. The quantitative estimate of drug-likeness (QED) is 0.660. The van der Waals surface area contributed by atoms with E-state index in [1.165, 1.54) is 12.5 Å². The maximum absolute atomic E-state index is 13.4. The Morgan fingerprint density at radius 1 is 1.00 bits per heavy atom. The van der Waals surface area contributed by atoms with Gasteiger partial charge in [0.1, 0.15) is 17.0 Å². The first-order chi connectivity index (χ1) is 15.5. The number of aryl methyl sites for hydroxylation is 1. The van der Waals surface area contributed by atoms with Crippen LogP contribution in [0.15, 0.2) is 59.1 Å². The van der Waals surface area contributed by atoms with E-state index in [0.717, 1.165) is 37.3 Å². The van der Waals surface area contributed by atoms with E-state index in [1.807, 2.05) is 59.5 Å². The number of amides is 2. The summed E-state index contributed by atoms with van der Waals surface area (Å²) in [5.41, 5.74) is 4.02. The SMILES string of the molecule is CC(=O)Nc1ccc(CN2CCCN(C(=O)c3c(-c4ccccc4)noc3C)CC2)cc1. The van der Waals surface area contributed by atoms with Gasteiger partial charge >= 0.3 is 0 Å². The predicted molar refractivity (Wildman–Crippen MR) is 123 cm³/mol. The van der Waals surface area contributed by atoms with Gasteiger partial charge in [-0.3, -0.25) is 14.5 Å². The molecule has 1 aliphatic heterocycles. The summed E-state index contributed by atoms with van der Waals surface area (Å²) < 4.78 is 5.39. The summed E-state index contributed by atoms with van der Waals surface area (Å²) in [7, 11) is 0. The molecule has 32 heavy (non-hydrogen) atoms. The monoisotopic (exact) mass is 432 g/mol. The molecule has 1 fully saturated rings. The molecule has 1 aromatic heterocycles. The zero-order valence-electron chi connectivity index (χ0n) is 18.5. The number of benzene rings is 2. The van der Waals surface area contributed by atoms with E-state index in [2.05, 4.69) is 15.4 Å². The highest BCUT2D eigenvalue weighted by molar-refractivity contribution is 6.00. The molecule has 0 spiro atoms. The second-order valence-electron chi connectivity index (χ2n) is 8.13. The molecule has 1 N–H and O–H groups in total. The average molecular weight is 433 g/mol. The van der Waals surface area contributed by atoms with Crippen LogP contribution in [0.2, 0.25) is 0 Å². The number of hydrogen-bond donors (Lipinski definition) is 1. The molecule has 4 rings (SSSR count). The van der Waals surface area contributed by atoms with Crippen LogP contribution in [0, 0.1) is 6.92 Å². The van der Waals surface area contributed by atoms with Crippen molar-refractivity contribution in [3.05, 3.63) is 71.5 Å². The molecule has 0 aliphatic carbocycles. The van der Waals surface area contributed by atoms with Crippen molar-refractivity contribution < 1.29 is 14.1 Å². The summed E-state index contributed by atoms with van der Waals surface area (Å²) in [6, 6.07) is 17.6. The summed E-state index contributed by atoms with van der Waals surface area (Å²) in [5, 5.41) is 6.95. The van der Waals surface area contributed by atoms with Crippen LogP contribution in [0.1, 0.15) is 35.0 Å². The van der Waals surface area contributed by atoms with Crippen LogP contribution in [-0.4, -0.2) is 52.9 Å². The highest BCUT2D eigenvalue weighted by Crippen LogP contribution is 2.27. The van der Waals surface area contributed by atoms with Crippen LogP contribution in [0.25, 0.3) is 11.3 Å². The summed E-state index contributed by atoms with van der Waals surface area (Å²) in [6.45, 7) is 7.18. The van der Waals surface area contributed by atoms with Gasteiger partial charge in [-0.15, -0.1) is 0 Å². The number of hydrogen-bond acceptors (Lipinski definition) is 5. The molecule has 0 radical (unpaired) electrons. The first-order valence-electron chi connectivity index (χ1n) is 10.9. The Morgan fingerprint density at radius 2 is 1.75 bits per heavy atom. The van der Waals surface area contributed by atoms with Gasteiger partial charge in [-0.25, -0.2) is 0 Å². The standard InChI is InChI=1S/C25H28N4O3/c1-18-23(24(27-32-18)21-7-4-3-5-8-21)25(31)29-14-6-13-28(15-16-29)17-20-9-11-22(12-10-20)26-19(2)30/h3-5,7-12H,6,13-17H2,1-2H3,(H,26,30). The lowest BCUT2D eigenvalue weighted by molar-refractivity contribution is -0.114. The van der Waals surface area contributed by atoms with Gasteiger partial charge in [-0.05, 0) is 31.0 Å². The van der Waals surface area contributed by atoms with Crippen molar-refractivity contribution in [1.29, 1.82) is 0 Å². The Hall–Kier alpha value is -3.45. The number of nitrogens with zero attached hydrogens (tertiary/aromatic N) is 3. The maximum atomic E-state index is 13.4. The molecule has 7 nitrogen and oxygen atoms in total. The van der Waals surface area contributed by atoms with Gasteiger partial charge in [0.15, 0.2) is 0 Å². The van der Waals surface area contributed by atoms with E-state index in [0.29, 0.717) is 30.1 Å². The molecule has 0 saturated carbocycles. The van der Waals surface area contributed by atoms with Crippen molar-refractivity contribution in [2.24, 2.45) is 0 Å². The summed E-state index contributed by atoms with van der Waals surface area (Å²) in [5.74, 6) is 0.451. The predicted octanol–water partition coefficient (Wildman–Crippen LogP) is 3.96. The van der Waals surface area contributed by atoms with Crippen LogP contribution in [0.4, 0.5) is 5.69 Å². The van der Waals surface area contributed by atoms with Crippen molar-refractivity contribution >= 4 is 17.5 Å². The third-order valence-corrected chi connectivity index (χ3v) is 5.68. The highest BCUT2D eigenvalue weighted by Gasteiger charge is 2.27. The number of nitrogens with one attached hydrogen (secondary N) is 1. The minimum absolute atomic E-state index is 0.0240. The summed E-state index contributed by atoms with van der Waals surface area (Å²) in [4.78, 5) is 28.8. The van der Waals surface area contributed by atoms with Crippen LogP contribution in [-0.2, 0) is 11.3 Å². The third-order valence-electron chi connectivity index (χ3n) is 5.68. The minimum Gasteiger partial charge on any atom is -0.360 e. The fourth-order valence-electron chi connectivity index (χ4n) is 4.06. The highest BCUT2D eigenvalue weighted by atomic mass is 16.5. The normalized spacial score (nSPS) is 14.8. The van der Waals surface area contributed by atoms with Gasteiger partial charge in [-0.1, -0.05) is 47.6 Å². The first kappa shape index (κ1) is 21.8. The molecular formula is C25H28N4O3. The molecule has 166 valence electrons. The van der Waals surface area contributed by atoms with E-state index in [1.54, 1.807) is 6.92 Å². The molecule has 2 aromatic carbocycles. The summed E-state index contributed by atoms with van der Waals surface area (Å²) >= 11 is 0. The lowest BCUT2D eigenvalue weighted by Gasteiger charge is -2.22. The number of rotatable bonds is 5. The molecule has 3 aromatic rings. The molecule has 0 bridgehead atoms. The van der Waals surface area contributed by atoms with Gasteiger partial charge in [0.2, 0.25) is 5.91 Å². The molecule has 2 heterocycles. The van der Waals surface area contributed by atoms with E-state index in [-0.39, 0.29) is 11.8 Å². The lowest BCUT2D eigenvalue weighted by atomic mass is 10.1. The number of carbonyl (C=O) groups is 2. The minimum atomic E-state index is -0.0755. The zero-order chi connectivity index (χ0) is 22.5. The van der Waals surface area contributed by atoms with Gasteiger partial charge in [0.25, 0.3) is 5.91 Å². The van der Waals surface area contributed by atoms with E-state index < -0.39 is 0 Å². The number of anilines is 1. The van der Waals surface area contributed by atoms with Gasteiger partial charge < -0.3 is 14.7 Å². The molecule has 0 atom stereocenters. The van der Waals surface area contributed by atoms with Crippen molar-refractivity contribution in [2.45, 2.75) is 26.8 Å². The second-order valence-corrected chi connectivity index (χ2v) is 8.13. The Labute approximate surface area is 188 Å². The first-order valence-corrected chi connectivity index (χ1v) is 10.9. The van der Waals surface area contributed by atoms with Crippen molar-refractivity contribution in [3.63, 3.8) is 0 Å². The zero-order valence-corrected chi connectivity index (χ0v) is 18.5. The number of carbonyl (C=O) groups excluding carboxylic acids is 2. The molecule has 7 heteroatoms. The smallest absolute Gasteiger partial charge is 0.259 e. The Kier molecular flexibility index (Phi) is 6.66. The second kappa shape index (κ2) is 9.78. The largest absolute Gasteiger partial charge is 0.360 e. The van der Waals surface area contributed by atoms with Crippen LogP contribution < -0.4 is 5.32 Å². The third kappa shape index (κ3) is 5.06. The van der Waals surface area contributed by atoms with Gasteiger partial charge in [0, 0.05) is 50.9 Å². The molecular weight excluding hydrogens is 404 g/mol. The fraction of sp³-hybridized carbons (Fsp3) is 0.320. The molecule has 2 amide bonds. The van der Waals surface area contributed by atoms with Crippen molar-refractivity contribution in [1.82, 2.24) is 15.0 Å². The van der Waals surface area contributed by atoms with E-state index in [4.69, 9.17) is 4.52 Å². The lowest BCUT2D eigenvalue weighted by Crippen LogP contribution is -2.35. The molecule has 0 unspecified atom stereocenters. The fourth-order valence-corrected chi connectivity index (χ4v) is 4.06. The van der Waals surface area contributed by atoms with Gasteiger partial charge in [0.05, 0.1) is 0 Å². The average Bonchev–Trinajstić information content (AvgIpc) is 3.02. The Bertz CT molecular complexity index is 1080. The Morgan fingerprint density at radius 3 is 2.47 bits per heavy atom. The van der Waals surface area contributed by atoms with Crippen LogP contribution in [0.5, 0.6) is 0 Å². The Balaban J connectivity index is 1.41. The van der Waals surface area contributed by atoms with Crippen molar-refractivity contribution in [3.8, 4) is 11.3 Å². The molecule has 1 saturated heterocycles. The topological polar surface area (TPSA) is 78.7 Å². The van der Waals surface area contributed by atoms with Crippen LogP contribution in [0.3, 0.4) is 0 Å².